The Morgan fingerprint density at radius 2 is 2.35 bits per heavy atom. The number of aliphatic carboxylic acids is 1. The van der Waals surface area contributed by atoms with E-state index >= 15 is 0 Å². The van der Waals surface area contributed by atoms with Gasteiger partial charge in [0.05, 0.1) is 5.41 Å². The number of likely N-dealkylation sites (tertiary alicyclic amines) is 1. The van der Waals surface area contributed by atoms with E-state index in [0.717, 1.165) is 12.8 Å². The highest BCUT2D eigenvalue weighted by Gasteiger charge is 2.55. The van der Waals surface area contributed by atoms with Gasteiger partial charge in [-0.15, -0.1) is 0 Å². The van der Waals surface area contributed by atoms with Crippen molar-refractivity contribution in [3.63, 3.8) is 0 Å². The number of rotatable bonds is 3. The van der Waals surface area contributed by atoms with Gasteiger partial charge in [0, 0.05) is 13.1 Å². The van der Waals surface area contributed by atoms with E-state index in [1.165, 1.54) is 10.9 Å². The fraction of sp³-hybridized carbons (Fsp3) is 0.667. The van der Waals surface area contributed by atoms with Crippen molar-refractivity contribution in [1.29, 1.82) is 0 Å². The summed E-state index contributed by atoms with van der Waals surface area (Å²) in [6.07, 6.45) is 3.65. The molecule has 8 heteroatoms. The minimum absolute atomic E-state index is 0.0324. The standard InChI is InChI=1S/C12H16N4O4/c17-9(5-16-7-13-14-11(16)20)15-4-8-2-1-3-12(8,6-15)10(18)19/h7-8H,1-6H2,(H,14,20)(H,18,19)/t8-,12+/m0/s1. The molecule has 1 amide bonds. The molecule has 108 valence electrons. The summed E-state index contributed by atoms with van der Waals surface area (Å²) < 4.78 is 1.18. The van der Waals surface area contributed by atoms with Crippen molar-refractivity contribution in [3.8, 4) is 0 Å². The van der Waals surface area contributed by atoms with Crippen LogP contribution in [0.3, 0.4) is 0 Å². The lowest BCUT2D eigenvalue weighted by molar-refractivity contribution is -0.149. The monoisotopic (exact) mass is 280 g/mol. The number of nitrogens with one attached hydrogen (secondary N) is 1. The lowest BCUT2D eigenvalue weighted by Gasteiger charge is -2.23. The quantitative estimate of drug-likeness (QED) is 0.760. The third kappa shape index (κ3) is 1.83. The van der Waals surface area contributed by atoms with Gasteiger partial charge in [0.2, 0.25) is 5.91 Å². The largest absolute Gasteiger partial charge is 0.481 e. The predicted octanol–water partition coefficient (Wildman–Crippen LogP) is -0.715. The SMILES string of the molecule is O=C(Cn1cn[nH]c1=O)N1C[C@@H]2CCC[C@@]2(C(=O)O)C1. The number of amides is 1. The molecular weight excluding hydrogens is 264 g/mol. The Balaban J connectivity index is 1.74. The number of nitrogens with zero attached hydrogens (tertiary/aromatic N) is 3. The summed E-state index contributed by atoms with van der Waals surface area (Å²) in [5.41, 5.74) is -1.22. The first-order valence-corrected chi connectivity index (χ1v) is 6.64. The molecule has 1 aliphatic carbocycles. The fourth-order valence-corrected chi connectivity index (χ4v) is 3.46. The number of H-pyrrole nitrogens is 1. The van der Waals surface area contributed by atoms with Gasteiger partial charge in [-0.25, -0.2) is 9.89 Å². The number of aromatic amines is 1. The average Bonchev–Trinajstić information content (AvgIpc) is 3.03. The van der Waals surface area contributed by atoms with Crippen molar-refractivity contribution >= 4 is 11.9 Å². The van der Waals surface area contributed by atoms with Crippen molar-refractivity contribution in [2.75, 3.05) is 13.1 Å². The molecule has 2 fully saturated rings. The topological polar surface area (TPSA) is 108 Å². The van der Waals surface area contributed by atoms with Gasteiger partial charge in [-0.1, -0.05) is 6.42 Å². The molecular formula is C12H16N4O4. The van der Waals surface area contributed by atoms with Gasteiger partial charge >= 0.3 is 11.7 Å². The van der Waals surface area contributed by atoms with Crippen LogP contribution < -0.4 is 5.69 Å². The minimum atomic E-state index is -0.809. The second-order valence-electron chi connectivity index (χ2n) is 5.61. The van der Waals surface area contributed by atoms with Crippen molar-refractivity contribution in [1.82, 2.24) is 19.7 Å². The van der Waals surface area contributed by atoms with Crippen LogP contribution in [0.25, 0.3) is 0 Å². The number of hydrogen-bond acceptors (Lipinski definition) is 4. The van der Waals surface area contributed by atoms with Gasteiger partial charge in [0.25, 0.3) is 0 Å². The maximum atomic E-state index is 12.2. The molecule has 0 aromatic carbocycles. The van der Waals surface area contributed by atoms with Gasteiger partial charge in [-0.2, -0.15) is 5.10 Å². The summed E-state index contributed by atoms with van der Waals surface area (Å²) in [5.74, 6) is -1.01. The number of carbonyl (C=O) groups excluding carboxylic acids is 1. The van der Waals surface area contributed by atoms with Crippen LogP contribution in [0.15, 0.2) is 11.1 Å². The van der Waals surface area contributed by atoms with Crippen LogP contribution in [0.4, 0.5) is 0 Å². The highest BCUT2D eigenvalue weighted by atomic mass is 16.4. The molecule has 8 nitrogen and oxygen atoms in total. The Morgan fingerprint density at radius 3 is 2.95 bits per heavy atom. The minimum Gasteiger partial charge on any atom is -0.481 e. The van der Waals surface area contributed by atoms with E-state index in [0.29, 0.717) is 13.0 Å². The maximum Gasteiger partial charge on any atom is 0.343 e. The summed E-state index contributed by atoms with van der Waals surface area (Å²) in [5, 5.41) is 15.3. The van der Waals surface area contributed by atoms with Gasteiger partial charge in [-0.3, -0.25) is 14.2 Å². The first-order chi connectivity index (χ1) is 9.53. The molecule has 0 bridgehead atoms. The first kappa shape index (κ1) is 12.9. The molecule has 1 aromatic heterocycles. The molecule has 2 heterocycles. The maximum absolute atomic E-state index is 12.2. The number of hydrogen-bond donors (Lipinski definition) is 2. The number of fused-ring (bicyclic) bond motifs is 1. The van der Waals surface area contributed by atoms with Crippen molar-refractivity contribution < 1.29 is 14.7 Å². The molecule has 2 N–H and O–H groups in total. The van der Waals surface area contributed by atoms with E-state index < -0.39 is 17.1 Å². The van der Waals surface area contributed by atoms with Crippen LogP contribution in [0.5, 0.6) is 0 Å². The van der Waals surface area contributed by atoms with E-state index in [4.69, 9.17) is 0 Å². The Bertz CT molecular complexity index is 607. The van der Waals surface area contributed by atoms with Crippen molar-refractivity contribution in [2.24, 2.45) is 11.3 Å². The zero-order valence-corrected chi connectivity index (χ0v) is 10.9. The van der Waals surface area contributed by atoms with Gasteiger partial charge in [-0.05, 0) is 18.8 Å². The molecule has 1 aliphatic heterocycles. The second-order valence-corrected chi connectivity index (χ2v) is 5.61. The predicted molar refractivity (Wildman–Crippen MR) is 66.8 cm³/mol. The Labute approximate surface area is 114 Å². The average molecular weight is 280 g/mol. The highest BCUT2D eigenvalue weighted by Crippen LogP contribution is 2.48. The third-order valence-corrected chi connectivity index (χ3v) is 4.57. The smallest absolute Gasteiger partial charge is 0.343 e. The fourth-order valence-electron chi connectivity index (χ4n) is 3.46. The summed E-state index contributed by atoms with van der Waals surface area (Å²) in [7, 11) is 0. The zero-order valence-electron chi connectivity index (χ0n) is 10.9. The van der Waals surface area contributed by atoms with Crippen LogP contribution in [-0.4, -0.2) is 49.7 Å². The summed E-state index contributed by atoms with van der Waals surface area (Å²) in [6.45, 7) is 0.619. The van der Waals surface area contributed by atoms with E-state index in [9.17, 15) is 19.5 Å². The normalized spacial score (nSPS) is 28.6. The third-order valence-electron chi connectivity index (χ3n) is 4.57. The molecule has 2 atom stereocenters. The molecule has 0 radical (unpaired) electrons. The molecule has 0 unspecified atom stereocenters. The zero-order chi connectivity index (χ0) is 14.3. The van der Waals surface area contributed by atoms with Crippen molar-refractivity contribution in [2.45, 2.75) is 25.8 Å². The second kappa shape index (κ2) is 4.46. The van der Waals surface area contributed by atoms with Crippen molar-refractivity contribution in [3.05, 3.63) is 16.8 Å². The Hall–Kier alpha value is -2.12. The van der Waals surface area contributed by atoms with Crippen LogP contribution in [0.2, 0.25) is 0 Å². The molecule has 20 heavy (non-hydrogen) atoms. The van der Waals surface area contributed by atoms with Crippen LogP contribution in [0.1, 0.15) is 19.3 Å². The lowest BCUT2D eigenvalue weighted by Crippen LogP contribution is -2.39. The molecule has 1 saturated carbocycles. The Morgan fingerprint density at radius 1 is 1.55 bits per heavy atom. The van der Waals surface area contributed by atoms with Gasteiger partial charge in [0.15, 0.2) is 0 Å². The van der Waals surface area contributed by atoms with Crippen LogP contribution in [-0.2, 0) is 16.1 Å². The molecule has 2 aliphatic rings. The Kier molecular flexibility index (Phi) is 2.88. The van der Waals surface area contributed by atoms with E-state index in [1.54, 1.807) is 4.90 Å². The summed E-state index contributed by atoms with van der Waals surface area (Å²) in [4.78, 5) is 36.6. The number of carboxylic acid groups (broad SMARTS) is 1. The molecule has 1 aromatic rings. The number of aromatic nitrogens is 3. The van der Waals surface area contributed by atoms with Gasteiger partial charge < -0.3 is 10.0 Å². The molecule has 3 rings (SSSR count). The number of carboxylic acids is 1. The highest BCUT2D eigenvalue weighted by molar-refractivity contribution is 5.81. The number of carbonyl (C=O) groups is 2. The van der Waals surface area contributed by atoms with Crippen LogP contribution >= 0.6 is 0 Å². The van der Waals surface area contributed by atoms with E-state index in [-0.39, 0.29) is 24.9 Å². The molecule has 0 spiro atoms. The summed E-state index contributed by atoms with van der Waals surface area (Å²) >= 11 is 0. The van der Waals surface area contributed by atoms with E-state index in [1.807, 2.05) is 0 Å². The summed E-state index contributed by atoms with van der Waals surface area (Å²) in [6, 6.07) is 0. The first-order valence-electron chi connectivity index (χ1n) is 6.64. The molecule has 1 saturated heterocycles. The van der Waals surface area contributed by atoms with E-state index in [2.05, 4.69) is 10.2 Å². The lowest BCUT2D eigenvalue weighted by atomic mass is 9.81. The van der Waals surface area contributed by atoms with Crippen LogP contribution in [0, 0.1) is 11.3 Å². The van der Waals surface area contributed by atoms with Gasteiger partial charge in [0.1, 0.15) is 12.9 Å².